The fraction of sp³-hybridized carbons (Fsp3) is 0.353. The lowest BCUT2D eigenvalue weighted by Crippen LogP contribution is -2.01. The van der Waals surface area contributed by atoms with Gasteiger partial charge in [-0.2, -0.15) is 0 Å². The number of thiazole rings is 1. The molecule has 108 valence electrons. The van der Waals surface area contributed by atoms with Crippen molar-refractivity contribution in [2.75, 3.05) is 6.61 Å². The third-order valence-corrected chi connectivity index (χ3v) is 5.19. The molecule has 3 nitrogen and oxygen atoms in total. The van der Waals surface area contributed by atoms with Crippen LogP contribution in [0.1, 0.15) is 30.3 Å². The van der Waals surface area contributed by atoms with Crippen LogP contribution in [0, 0.1) is 0 Å². The van der Waals surface area contributed by atoms with Gasteiger partial charge in [-0.05, 0) is 56.9 Å². The summed E-state index contributed by atoms with van der Waals surface area (Å²) in [6.45, 7) is 2.70. The molecule has 2 heterocycles. The fourth-order valence-electron chi connectivity index (χ4n) is 2.99. The molecule has 0 aliphatic heterocycles. The average Bonchev–Trinajstić information content (AvgIpc) is 3.06. The molecule has 21 heavy (non-hydrogen) atoms. The largest absolute Gasteiger partial charge is 0.494 e. The summed E-state index contributed by atoms with van der Waals surface area (Å²) in [5.74, 6) is 0.916. The number of fused-ring (bicyclic) bond motifs is 3. The normalized spacial score (nSPS) is 14.3. The number of ether oxygens (including phenoxy) is 1. The van der Waals surface area contributed by atoms with E-state index in [-0.39, 0.29) is 0 Å². The SMILES string of the molecule is CCOc1ccc(-c2cn3c4c(sc3n2)CCCC4)cc1. The Morgan fingerprint density at radius 2 is 2.00 bits per heavy atom. The zero-order chi connectivity index (χ0) is 14.2. The van der Waals surface area contributed by atoms with E-state index < -0.39 is 0 Å². The maximum absolute atomic E-state index is 5.49. The van der Waals surface area contributed by atoms with Gasteiger partial charge in [0.2, 0.25) is 0 Å². The van der Waals surface area contributed by atoms with Crippen LogP contribution < -0.4 is 4.74 Å². The highest BCUT2D eigenvalue weighted by Crippen LogP contribution is 2.32. The van der Waals surface area contributed by atoms with Crippen molar-refractivity contribution in [3.63, 3.8) is 0 Å². The Bertz CT molecular complexity index is 770. The molecule has 0 saturated carbocycles. The van der Waals surface area contributed by atoms with Crippen molar-refractivity contribution in [2.45, 2.75) is 32.6 Å². The summed E-state index contributed by atoms with van der Waals surface area (Å²) in [7, 11) is 0. The van der Waals surface area contributed by atoms with Gasteiger partial charge < -0.3 is 4.74 Å². The molecule has 4 heteroatoms. The average molecular weight is 298 g/mol. The van der Waals surface area contributed by atoms with Crippen molar-refractivity contribution in [1.82, 2.24) is 9.38 Å². The van der Waals surface area contributed by atoms with Gasteiger partial charge in [-0.1, -0.05) is 0 Å². The third kappa shape index (κ3) is 2.23. The molecule has 4 rings (SSSR count). The number of rotatable bonds is 3. The first-order valence-corrected chi connectivity index (χ1v) is 8.39. The predicted octanol–water partition coefficient (Wildman–Crippen LogP) is 4.34. The number of aryl methyl sites for hydroxylation is 2. The molecule has 1 aliphatic carbocycles. The lowest BCUT2D eigenvalue weighted by molar-refractivity contribution is 0.340. The van der Waals surface area contributed by atoms with Crippen LogP contribution in [-0.4, -0.2) is 16.0 Å². The summed E-state index contributed by atoms with van der Waals surface area (Å²) in [5.41, 5.74) is 3.68. The number of imidazole rings is 1. The number of hydrogen-bond donors (Lipinski definition) is 0. The number of hydrogen-bond acceptors (Lipinski definition) is 3. The van der Waals surface area contributed by atoms with Crippen molar-refractivity contribution in [3.8, 4) is 17.0 Å². The van der Waals surface area contributed by atoms with E-state index in [1.807, 2.05) is 30.4 Å². The molecule has 1 aromatic carbocycles. The number of benzene rings is 1. The predicted molar refractivity (Wildman–Crippen MR) is 86.3 cm³/mol. The minimum Gasteiger partial charge on any atom is -0.494 e. The lowest BCUT2D eigenvalue weighted by Gasteiger charge is -2.09. The molecule has 0 amide bonds. The molecule has 0 N–H and O–H groups in total. The molecule has 2 aromatic heterocycles. The molecule has 0 bridgehead atoms. The van der Waals surface area contributed by atoms with Crippen LogP contribution in [-0.2, 0) is 12.8 Å². The first-order chi connectivity index (χ1) is 10.3. The summed E-state index contributed by atoms with van der Waals surface area (Å²) in [4.78, 5) is 7.46. The van der Waals surface area contributed by atoms with Gasteiger partial charge in [-0.25, -0.2) is 4.98 Å². The zero-order valence-corrected chi connectivity index (χ0v) is 12.9. The summed E-state index contributed by atoms with van der Waals surface area (Å²) in [5, 5.41) is 0. The van der Waals surface area contributed by atoms with E-state index in [0.717, 1.165) is 22.0 Å². The Labute approximate surface area is 128 Å². The molecular weight excluding hydrogens is 280 g/mol. The van der Waals surface area contributed by atoms with Crippen LogP contribution in [0.25, 0.3) is 16.2 Å². The highest BCUT2D eigenvalue weighted by molar-refractivity contribution is 7.17. The monoisotopic (exact) mass is 298 g/mol. The van der Waals surface area contributed by atoms with Gasteiger partial charge in [0.25, 0.3) is 0 Å². The van der Waals surface area contributed by atoms with Crippen LogP contribution in [0.15, 0.2) is 30.5 Å². The molecular formula is C17H18N2OS. The van der Waals surface area contributed by atoms with Crippen molar-refractivity contribution < 1.29 is 4.74 Å². The summed E-state index contributed by atoms with van der Waals surface area (Å²) in [6, 6.07) is 8.21. The summed E-state index contributed by atoms with van der Waals surface area (Å²) in [6.07, 6.45) is 7.22. The fourth-order valence-corrected chi connectivity index (χ4v) is 4.18. The van der Waals surface area contributed by atoms with Gasteiger partial charge in [0, 0.05) is 22.3 Å². The summed E-state index contributed by atoms with van der Waals surface area (Å²) < 4.78 is 7.79. The van der Waals surface area contributed by atoms with Crippen molar-refractivity contribution in [2.24, 2.45) is 0 Å². The van der Waals surface area contributed by atoms with Gasteiger partial charge in [-0.3, -0.25) is 4.40 Å². The zero-order valence-electron chi connectivity index (χ0n) is 12.1. The highest BCUT2D eigenvalue weighted by Gasteiger charge is 2.18. The van der Waals surface area contributed by atoms with Gasteiger partial charge in [0.1, 0.15) is 5.75 Å². The quantitative estimate of drug-likeness (QED) is 0.719. The van der Waals surface area contributed by atoms with E-state index in [9.17, 15) is 0 Å². The molecule has 1 aliphatic rings. The minimum absolute atomic E-state index is 0.700. The Hall–Kier alpha value is -1.81. The molecule has 3 aromatic rings. The Morgan fingerprint density at radius 1 is 1.19 bits per heavy atom. The number of aromatic nitrogens is 2. The number of nitrogens with zero attached hydrogens (tertiary/aromatic N) is 2. The smallest absolute Gasteiger partial charge is 0.194 e. The van der Waals surface area contributed by atoms with Crippen LogP contribution in [0.5, 0.6) is 5.75 Å². The van der Waals surface area contributed by atoms with Gasteiger partial charge in [0.05, 0.1) is 12.3 Å². The first-order valence-electron chi connectivity index (χ1n) is 7.58. The minimum atomic E-state index is 0.700. The molecule has 0 saturated heterocycles. The second-order valence-corrected chi connectivity index (χ2v) is 6.48. The topological polar surface area (TPSA) is 26.5 Å². The van der Waals surface area contributed by atoms with Crippen LogP contribution in [0.4, 0.5) is 0 Å². The van der Waals surface area contributed by atoms with E-state index >= 15 is 0 Å². The standard InChI is InChI=1S/C17H18N2OS/c1-2-20-13-9-7-12(8-10-13)14-11-19-15-5-3-4-6-16(15)21-17(19)18-14/h7-11H,2-6H2,1H3. The second-order valence-electron chi connectivity index (χ2n) is 5.42. The molecule has 0 radical (unpaired) electrons. The van der Waals surface area contributed by atoms with Crippen LogP contribution in [0.2, 0.25) is 0 Å². The van der Waals surface area contributed by atoms with Crippen LogP contribution >= 0.6 is 11.3 Å². The molecule has 0 spiro atoms. The van der Waals surface area contributed by atoms with E-state index in [2.05, 4.69) is 22.7 Å². The van der Waals surface area contributed by atoms with Gasteiger partial charge in [0.15, 0.2) is 4.96 Å². The Kier molecular flexibility index (Phi) is 3.19. The molecule has 0 unspecified atom stereocenters. The first kappa shape index (κ1) is 12.9. The third-order valence-electron chi connectivity index (χ3n) is 4.03. The van der Waals surface area contributed by atoms with Gasteiger partial charge >= 0.3 is 0 Å². The lowest BCUT2D eigenvalue weighted by atomic mass is 10.0. The van der Waals surface area contributed by atoms with Gasteiger partial charge in [-0.15, -0.1) is 11.3 Å². The Morgan fingerprint density at radius 3 is 2.81 bits per heavy atom. The maximum Gasteiger partial charge on any atom is 0.194 e. The van der Waals surface area contributed by atoms with E-state index in [1.165, 1.54) is 36.3 Å². The maximum atomic E-state index is 5.49. The second kappa shape index (κ2) is 5.19. The Balaban J connectivity index is 1.71. The summed E-state index contributed by atoms with van der Waals surface area (Å²) >= 11 is 1.85. The van der Waals surface area contributed by atoms with Crippen molar-refractivity contribution in [3.05, 3.63) is 41.0 Å². The van der Waals surface area contributed by atoms with E-state index in [1.54, 1.807) is 0 Å². The van der Waals surface area contributed by atoms with Crippen molar-refractivity contribution >= 4 is 16.3 Å². The van der Waals surface area contributed by atoms with Crippen molar-refractivity contribution in [1.29, 1.82) is 0 Å². The molecule has 0 fully saturated rings. The van der Waals surface area contributed by atoms with Crippen LogP contribution in [0.3, 0.4) is 0 Å². The van der Waals surface area contributed by atoms with E-state index in [4.69, 9.17) is 9.72 Å². The van der Waals surface area contributed by atoms with E-state index in [0.29, 0.717) is 6.61 Å². The molecule has 0 atom stereocenters. The highest BCUT2D eigenvalue weighted by atomic mass is 32.1.